The number of nitrogens with two attached hydrogens (primary N) is 1. The van der Waals surface area contributed by atoms with Gasteiger partial charge in [-0.2, -0.15) is 11.8 Å². The summed E-state index contributed by atoms with van der Waals surface area (Å²) in [6.45, 7) is 6.51. The summed E-state index contributed by atoms with van der Waals surface area (Å²) in [6, 6.07) is 6.45. The zero-order chi connectivity index (χ0) is 12.1. The van der Waals surface area contributed by atoms with Crippen molar-refractivity contribution in [1.29, 1.82) is 0 Å². The Bertz CT molecular complexity index is 312. The fourth-order valence-electron chi connectivity index (χ4n) is 1.50. The van der Waals surface area contributed by atoms with Gasteiger partial charge in [0.2, 0.25) is 0 Å². The minimum atomic E-state index is -0.210. The van der Waals surface area contributed by atoms with Gasteiger partial charge in [0.05, 0.1) is 0 Å². The highest BCUT2D eigenvalue weighted by atomic mass is 32.2. The van der Waals surface area contributed by atoms with E-state index >= 15 is 0 Å². The van der Waals surface area contributed by atoms with Gasteiger partial charge in [0.25, 0.3) is 0 Å². The van der Waals surface area contributed by atoms with Crippen molar-refractivity contribution in [2.45, 2.75) is 43.7 Å². The Balaban J connectivity index is 2.62. The molecule has 1 aromatic carbocycles. The van der Waals surface area contributed by atoms with Crippen LogP contribution in [0, 0.1) is 5.82 Å². The molecule has 1 rings (SSSR count). The number of hydrogen-bond donors (Lipinski definition) is 1. The van der Waals surface area contributed by atoms with Crippen molar-refractivity contribution in [3.63, 3.8) is 0 Å². The predicted molar refractivity (Wildman–Crippen MR) is 70.1 cm³/mol. The van der Waals surface area contributed by atoms with Crippen molar-refractivity contribution >= 4 is 11.8 Å². The predicted octanol–water partition coefficient (Wildman–Crippen LogP) is 3.75. The number of rotatable bonds is 5. The smallest absolute Gasteiger partial charge is 0.123 e. The number of benzene rings is 1. The Hall–Kier alpha value is -0.540. The van der Waals surface area contributed by atoms with Crippen LogP contribution < -0.4 is 5.73 Å². The van der Waals surface area contributed by atoms with E-state index in [-0.39, 0.29) is 11.9 Å². The van der Waals surface area contributed by atoms with Gasteiger partial charge in [0.1, 0.15) is 5.82 Å². The lowest BCUT2D eigenvalue weighted by molar-refractivity contribution is 0.624. The van der Waals surface area contributed by atoms with E-state index in [4.69, 9.17) is 5.73 Å². The average molecular weight is 241 g/mol. The first-order valence-corrected chi connectivity index (χ1v) is 6.65. The Morgan fingerprint density at radius 3 is 2.31 bits per heavy atom. The summed E-state index contributed by atoms with van der Waals surface area (Å²) in [7, 11) is 0. The van der Waals surface area contributed by atoms with Gasteiger partial charge in [-0.05, 0) is 24.1 Å². The van der Waals surface area contributed by atoms with Crippen molar-refractivity contribution in [2.75, 3.05) is 0 Å². The van der Waals surface area contributed by atoms with E-state index in [1.165, 1.54) is 12.1 Å². The summed E-state index contributed by atoms with van der Waals surface area (Å²) in [6.07, 6.45) is 1.14. The lowest BCUT2D eigenvalue weighted by Crippen LogP contribution is -2.22. The van der Waals surface area contributed by atoms with E-state index in [9.17, 15) is 4.39 Å². The normalized spacial score (nSPS) is 16.8. The summed E-state index contributed by atoms with van der Waals surface area (Å²) in [5, 5.41) is 0.960. The molecule has 0 heterocycles. The number of hydrogen-bond acceptors (Lipinski definition) is 2. The van der Waals surface area contributed by atoms with E-state index in [0.29, 0.717) is 10.5 Å². The molecule has 0 aromatic heterocycles. The first-order valence-electron chi connectivity index (χ1n) is 5.71. The number of halogens is 1. The third kappa shape index (κ3) is 3.80. The van der Waals surface area contributed by atoms with Crippen LogP contribution in [0.15, 0.2) is 24.3 Å². The van der Waals surface area contributed by atoms with Gasteiger partial charge in [-0.25, -0.2) is 4.39 Å². The van der Waals surface area contributed by atoms with Gasteiger partial charge < -0.3 is 5.73 Å². The second kappa shape index (κ2) is 6.26. The van der Waals surface area contributed by atoms with Crippen LogP contribution in [0.2, 0.25) is 0 Å². The summed E-state index contributed by atoms with van der Waals surface area (Å²) < 4.78 is 12.8. The van der Waals surface area contributed by atoms with Gasteiger partial charge in [-0.15, -0.1) is 0 Å². The molecule has 16 heavy (non-hydrogen) atoms. The van der Waals surface area contributed by atoms with Gasteiger partial charge >= 0.3 is 0 Å². The molecular formula is C13H20FNS. The zero-order valence-electron chi connectivity index (χ0n) is 10.1. The SMILES string of the molecule is CCC(C)SC(C)C(N)c1ccc(F)cc1. The molecule has 2 N–H and O–H groups in total. The third-order valence-corrected chi connectivity index (χ3v) is 4.30. The Kier molecular flexibility index (Phi) is 5.29. The fraction of sp³-hybridized carbons (Fsp3) is 0.538. The second-order valence-corrected chi connectivity index (χ2v) is 5.96. The van der Waals surface area contributed by atoms with Crippen LogP contribution in [0.3, 0.4) is 0 Å². The van der Waals surface area contributed by atoms with Crippen molar-refractivity contribution < 1.29 is 4.39 Å². The molecule has 0 aliphatic carbocycles. The van der Waals surface area contributed by atoms with Gasteiger partial charge in [0.15, 0.2) is 0 Å². The molecule has 0 saturated carbocycles. The van der Waals surface area contributed by atoms with Crippen molar-refractivity contribution in [1.82, 2.24) is 0 Å². The molecule has 0 aliphatic heterocycles. The molecule has 0 saturated heterocycles. The highest BCUT2D eigenvalue weighted by Crippen LogP contribution is 2.28. The number of thioether (sulfide) groups is 1. The van der Waals surface area contributed by atoms with Crippen molar-refractivity contribution in [2.24, 2.45) is 5.73 Å². The molecule has 3 atom stereocenters. The van der Waals surface area contributed by atoms with Crippen molar-refractivity contribution in [3.8, 4) is 0 Å². The Morgan fingerprint density at radius 2 is 1.81 bits per heavy atom. The summed E-state index contributed by atoms with van der Waals surface area (Å²) in [5.74, 6) is -0.210. The molecule has 0 fully saturated rings. The maximum Gasteiger partial charge on any atom is 0.123 e. The van der Waals surface area contributed by atoms with E-state index in [1.54, 1.807) is 12.1 Å². The van der Waals surface area contributed by atoms with E-state index in [0.717, 1.165) is 12.0 Å². The molecule has 3 unspecified atom stereocenters. The Labute approximate surface area is 102 Å². The van der Waals surface area contributed by atoms with E-state index < -0.39 is 0 Å². The second-order valence-electron chi connectivity index (χ2n) is 4.14. The van der Waals surface area contributed by atoms with Crippen LogP contribution in [-0.4, -0.2) is 10.5 Å². The van der Waals surface area contributed by atoms with Crippen LogP contribution in [0.25, 0.3) is 0 Å². The summed E-state index contributed by atoms with van der Waals surface area (Å²) >= 11 is 1.89. The molecule has 0 amide bonds. The molecule has 0 radical (unpaired) electrons. The highest BCUT2D eigenvalue weighted by molar-refractivity contribution is 8.00. The molecule has 90 valence electrons. The zero-order valence-corrected chi connectivity index (χ0v) is 10.9. The summed E-state index contributed by atoms with van der Waals surface area (Å²) in [4.78, 5) is 0. The average Bonchev–Trinajstić information content (AvgIpc) is 2.28. The largest absolute Gasteiger partial charge is 0.323 e. The maximum atomic E-state index is 12.8. The molecule has 0 spiro atoms. The van der Waals surface area contributed by atoms with Gasteiger partial charge in [-0.3, -0.25) is 0 Å². The van der Waals surface area contributed by atoms with Crippen LogP contribution in [0.4, 0.5) is 4.39 Å². The van der Waals surface area contributed by atoms with Crippen LogP contribution in [-0.2, 0) is 0 Å². The molecular weight excluding hydrogens is 221 g/mol. The molecule has 3 heteroatoms. The highest BCUT2D eigenvalue weighted by Gasteiger charge is 2.17. The summed E-state index contributed by atoms with van der Waals surface area (Å²) in [5.41, 5.74) is 7.15. The molecule has 1 aromatic rings. The first-order chi connectivity index (χ1) is 7.54. The molecule has 1 nitrogen and oxygen atoms in total. The topological polar surface area (TPSA) is 26.0 Å². The van der Waals surface area contributed by atoms with Gasteiger partial charge in [-0.1, -0.05) is 32.9 Å². The lowest BCUT2D eigenvalue weighted by atomic mass is 10.1. The van der Waals surface area contributed by atoms with Gasteiger partial charge in [0, 0.05) is 16.5 Å². The third-order valence-electron chi connectivity index (χ3n) is 2.78. The quantitative estimate of drug-likeness (QED) is 0.849. The van der Waals surface area contributed by atoms with E-state index in [2.05, 4.69) is 20.8 Å². The minimum absolute atomic E-state index is 0.0281. The van der Waals surface area contributed by atoms with E-state index in [1.807, 2.05) is 11.8 Å². The fourth-order valence-corrected chi connectivity index (χ4v) is 2.76. The molecule has 0 aliphatic rings. The maximum absolute atomic E-state index is 12.8. The lowest BCUT2D eigenvalue weighted by Gasteiger charge is -2.22. The van der Waals surface area contributed by atoms with Crippen LogP contribution in [0.5, 0.6) is 0 Å². The molecule has 0 bridgehead atoms. The monoisotopic (exact) mass is 241 g/mol. The van der Waals surface area contributed by atoms with Crippen LogP contribution >= 0.6 is 11.8 Å². The minimum Gasteiger partial charge on any atom is -0.323 e. The van der Waals surface area contributed by atoms with Crippen molar-refractivity contribution in [3.05, 3.63) is 35.6 Å². The standard InChI is InChI=1S/C13H20FNS/c1-4-9(2)16-10(3)13(15)11-5-7-12(14)8-6-11/h5-10,13H,4,15H2,1-3H3. The van der Waals surface area contributed by atoms with Crippen LogP contribution in [0.1, 0.15) is 38.8 Å². The Morgan fingerprint density at radius 1 is 1.25 bits per heavy atom. The first kappa shape index (κ1) is 13.5.